The maximum atomic E-state index is 12.5. The second-order valence-electron chi connectivity index (χ2n) is 8.35. The van der Waals surface area contributed by atoms with Gasteiger partial charge in [0.05, 0.1) is 6.61 Å². The molecule has 0 aromatic heterocycles. The van der Waals surface area contributed by atoms with E-state index in [4.69, 9.17) is 4.74 Å². The topological polar surface area (TPSA) is 73.4 Å². The highest BCUT2D eigenvalue weighted by molar-refractivity contribution is 5.77. The standard InChI is InChI=1S/C23H30N4O4/c1-4-31-23(30)25-11-9-24(10-12-25)19-20(22(29)21(19)28)26-13-14-27(17(3)15-26)18-7-5-16(2)6-8-18/h5-8,17H,4,9-15H2,1-3H3/t17-/m1/s1. The van der Waals surface area contributed by atoms with Gasteiger partial charge in [0, 0.05) is 57.5 Å². The van der Waals surface area contributed by atoms with Gasteiger partial charge >= 0.3 is 6.09 Å². The van der Waals surface area contributed by atoms with Crippen LogP contribution in [0.15, 0.2) is 33.9 Å². The Morgan fingerprint density at radius 2 is 1.52 bits per heavy atom. The van der Waals surface area contributed by atoms with E-state index in [1.807, 2.05) is 4.90 Å². The third-order valence-electron chi connectivity index (χ3n) is 6.29. The first-order chi connectivity index (χ1) is 14.9. The highest BCUT2D eigenvalue weighted by atomic mass is 16.6. The van der Waals surface area contributed by atoms with Crippen LogP contribution in [-0.4, -0.2) is 69.5 Å². The fraction of sp³-hybridized carbons (Fsp3) is 0.522. The number of ether oxygens (including phenoxy) is 1. The summed E-state index contributed by atoms with van der Waals surface area (Å²) in [5.74, 6) is 0. The molecule has 2 aromatic carbocycles. The van der Waals surface area contributed by atoms with Gasteiger partial charge in [0.25, 0.3) is 10.9 Å². The number of nitrogens with zero attached hydrogens (tertiary/aromatic N) is 4. The molecule has 0 N–H and O–H groups in total. The Morgan fingerprint density at radius 1 is 0.935 bits per heavy atom. The van der Waals surface area contributed by atoms with Gasteiger partial charge in [-0.3, -0.25) is 9.59 Å². The van der Waals surface area contributed by atoms with Crippen LogP contribution < -0.4 is 25.6 Å². The SMILES string of the molecule is CCOC(=O)N1CCN(c2c(N3CCN(c4ccc(C)cc4)[C@H](C)C3)c(=O)c2=O)CC1. The number of carbonyl (C=O) groups is 1. The van der Waals surface area contributed by atoms with Crippen LogP contribution in [0.3, 0.4) is 0 Å². The smallest absolute Gasteiger partial charge is 0.409 e. The number of amides is 1. The Hall–Kier alpha value is -3.03. The maximum Gasteiger partial charge on any atom is 0.409 e. The lowest BCUT2D eigenvalue weighted by atomic mass is 10.1. The molecule has 1 amide bonds. The van der Waals surface area contributed by atoms with Crippen molar-refractivity contribution in [3.05, 3.63) is 50.3 Å². The minimum absolute atomic E-state index is 0.217. The average molecular weight is 427 g/mol. The van der Waals surface area contributed by atoms with Gasteiger partial charge in [0.2, 0.25) is 0 Å². The van der Waals surface area contributed by atoms with Gasteiger partial charge in [-0.1, -0.05) is 17.7 Å². The molecule has 4 rings (SSSR count). The molecule has 2 saturated heterocycles. The molecule has 0 unspecified atom stereocenters. The molecule has 2 aromatic rings. The number of hydrogen-bond donors (Lipinski definition) is 0. The number of piperazine rings is 2. The number of anilines is 3. The molecule has 2 fully saturated rings. The molecule has 2 heterocycles. The number of rotatable bonds is 4. The fourth-order valence-electron chi connectivity index (χ4n) is 4.56. The molecule has 8 nitrogen and oxygen atoms in total. The van der Waals surface area contributed by atoms with Crippen LogP contribution in [0.1, 0.15) is 19.4 Å². The number of carbonyl (C=O) groups excluding carboxylic acids is 1. The Balaban J connectivity index is 1.45. The molecule has 2 aliphatic heterocycles. The Morgan fingerprint density at radius 3 is 2.10 bits per heavy atom. The predicted molar refractivity (Wildman–Crippen MR) is 122 cm³/mol. The van der Waals surface area contributed by atoms with Gasteiger partial charge < -0.3 is 24.3 Å². The summed E-state index contributed by atoms with van der Waals surface area (Å²) in [6.45, 7) is 10.5. The van der Waals surface area contributed by atoms with Gasteiger partial charge in [-0.2, -0.15) is 0 Å². The number of aryl methyl sites for hydroxylation is 1. The molecule has 0 aliphatic carbocycles. The minimum atomic E-state index is -0.409. The summed E-state index contributed by atoms with van der Waals surface area (Å²) in [4.78, 5) is 44.9. The molecular formula is C23H30N4O4. The minimum Gasteiger partial charge on any atom is -0.450 e. The summed E-state index contributed by atoms with van der Waals surface area (Å²) in [6, 6.07) is 8.70. The van der Waals surface area contributed by atoms with Crippen molar-refractivity contribution in [2.45, 2.75) is 26.8 Å². The van der Waals surface area contributed by atoms with Crippen molar-refractivity contribution in [3.8, 4) is 0 Å². The molecule has 1 atom stereocenters. The predicted octanol–water partition coefficient (Wildman–Crippen LogP) is 1.58. The summed E-state index contributed by atoms with van der Waals surface area (Å²) >= 11 is 0. The first kappa shape index (κ1) is 21.2. The summed E-state index contributed by atoms with van der Waals surface area (Å²) in [5, 5.41) is 0. The molecule has 0 spiro atoms. The molecule has 0 radical (unpaired) electrons. The normalized spacial score (nSPS) is 19.8. The Labute approximate surface area is 182 Å². The zero-order chi connectivity index (χ0) is 22.1. The molecule has 8 heteroatoms. The van der Waals surface area contributed by atoms with Crippen LogP contribution in [0.2, 0.25) is 0 Å². The molecular weight excluding hydrogens is 396 g/mol. The zero-order valence-corrected chi connectivity index (χ0v) is 18.5. The van der Waals surface area contributed by atoms with Gasteiger partial charge in [0.15, 0.2) is 0 Å². The van der Waals surface area contributed by atoms with Crippen LogP contribution in [0.4, 0.5) is 21.9 Å². The van der Waals surface area contributed by atoms with E-state index < -0.39 is 5.43 Å². The summed E-state index contributed by atoms with van der Waals surface area (Å²) in [6.07, 6.45) is -0.326. The van der Waals surface area contributed by atoms with Crippen LogP contribution in [-0.2, 0) is 4.74 Å². The lowest BCUT2D eigenvalue weighted by molar-refractivity contribution is 0.105. The third-order valence-corrected chi connectivity index (χ3v) is 6.29. The summed E-state index contributed by atoms with van der Waals surface area (Å²) < 4.78 is 5.06. The van der Waals surface area contributed by atoms with Gasteiger partial charge in [-0.05, 0) is 32.9 Å². The van der Waals surface area contributed by atoms with Gasteiger partial charge in [0.1, 0.15) is 11.4 Å². The van der Waals surface area contributed by atoms with E-state index >= 15 is 0 Å². The van der Waals surface area contributed by atoms with Crippen molar-refractivity contribution in [1.29, 1.82) is 0 Å². The zero-order valence-electron chi connectivity index (χ0n) is 18.5. The highest BCUT2D eigenvalue weighted by Gasteiger charge is 2.35. The number of hydrogen-bond acceptors (Lipinski definition) is 7. The van der Waals surface area contributed by atoms with Crippen molar-refractivity contribution in [1.82, 2.24) is 4.90 Å². The molecule has 0 bridgehead atoms. The molecule has 166 valence electrons. The first-order valence-corrected chi connectivity index (χ1v) is 11.0. The van der Waals surface area contributed by atoms with Crippen molar-refractivity contribution in [2.75, 3.05) is 67.1 Å². The lowest BCUT2D eigenvalue weighted by Gasteiger charge is -2.44. The van der Waals surface area contributed by atoms with E-state index in [2.05, 4.69) is 47.9 Å². The van der Waals surface area contributed by atoms with E-state index in [1.165, 1.54) is 11.3 Å². The highest BCUT2D eigenvalue weighted by Crippen LogP contribution is 2.29. The summed E-state index contributed by atoms with van der Waals surface area (Å²) in [5.41, 5.74) is 2.67. The fourth-order valence-corrected chi connectivity index (χ4v) is 4.56. The quantitative estimate of drug-likeness (QED) is 0.688. The maximum absolute atomic E-state index is 12.5. The van der Waals surface area contributed by atoms with Crippen LogP contribution in [0, 0.1) is 6.92 Å². The largest absolute Gasteiger partial charge is 0.450 e. The van der Waals surface area contributed by atoms with E-state index in [1.54, 1.807) is 11.8 Å². The molecule has 0 saturated carbocycles. The van der Waals surface area contributed by atoms with Crippen LogP contribution in [0.5, 0.6) is 0 Å². The first-order valence-electron chi connectivity index (χ1n) is 11.0. The monoisotopic (exact) mass is 426 g/mol. The Bertz CT molecular complexity index is 1000. The van der Waals surface area contributed by atoms with Crippen LogP contribution in [0.25, 0.3) is 0 Å². The van der Waals surface area contributed by atoms with Crippen molar-refractivity contribution in [3.63, 3.8) is 0 Å². The number of benzene rings is 1. The van der Waals surface area contributed by atoms with E-state index in [9.17, 15) is 14.4 Å². The third kappa shape index (κ3) is 3.98. The van der Waals surface area contributed by atoms with E-state index in [0.29, 0.717) is 57.3 Å². The van der Waals surface area contributed by atoms with Crippen molar-refractivity contribution in [2.24, 2.45) is 0 Å². The van der Waals surface area contributed by atoms with E-state index in [0.717, 1.165) is 6.54 Å². The van der Waals surface area contributed by atoms with E-state index in [-0.39, 0.29) is 17.6 Å². The van der Waals surface area contributed by atoms with Gasteiger partial charge in [-0.25, -0.2) is 4.79 Å². The summed E-state index contributed by atoms with van der Waals surface area (Å²) in [7, 11) is 0. The second-order valence-corrected chi connectivity index (χ2v) is 8.35. The van der Waals surface area contributed by atoms with Gasteiger partial charge in [-0.15, -0.1) is 0 Å². The second kappa shape index (κ2) is 8.61. The van der Waals surface area contributed by atoms with Crippen molar-refractivity contribution >= 4 is 23.2 Å². The average Bonchev–Trinajstić information content (AvgIpc) is 2.78. The molecule has 31 heavy (non-hydrogen) atoms. The lowest BCUT2D eigenvalue weighted by Crippen LogP contribution is -2.58. The van der Waals surface area contributed by atoms with Crippen molar-refractivity contribution < 1.29 is 9.53 Å². The van der Waals surface area contributed by atoms with Crippen LogP contribution >= 0.6 is 0 Å². The Kier molecular flexibility index (Phi) is 5.89. The molecule has 2 aliphatic rings.